The number of hydrogen-bond donors (Lipinski definition) is 1. The first kappa shape index (κ1) is 27.0. The van der Waals surface area contributed by atoms with Crippen LogP contribution in [0.15, 0.2) is 93.5 Å². The summed E-state index contributed by atoms with van der Waals surface area (Å²) in [5.41, 5.74) is 0. The zero-order valence-corrected chi connectivity index (χ0v) is 21.2. The molecule has 3 rings (SSSR count). The first-order chi connectivity index (χ1) is 16.6. The molecule has 188 valence electrons. The van der Waals surface area contributed by atoms with Gasteiger partial charge in [0.05, 0.1) is 17.5 Å². The number of alkyl halides is 2. The lowest BCUT2D eigenvalue weighted by molar-refractivity contribution is -0.0236. The molecule has 1 N–H and O–H groups in total. The Bertz CT molecular complexity index is 1170. The van der Waals surface area contributed by atoms with Gasteiger partial charge in [0, 0.05) is 0 Å². The van der Waals surface area contributed by atoms with Crippen LogP contribution < -0.4 is 9.47 Å². The maximum absolute atomic E-state index is 13.8. The Hall–Kier alpha value is -2.62. The Balaban J connectivity index is 1.82. The van der Waals surface area contributed by atoms with Gasteiger partial charge in [-0.1, -0.05) is 38.0 Å². The zero-order valence-electron chi connectivity index (χ0n) is 19.6. The third kappa shape index (κ3) is 6.96. The fourth-order valence-electron chi connectivity index (χ4n) is 3.32. The van der Waals surface area contributed by atoms with Gasteiger partial charge in [0.15, 0.2) is 20.8 Å². The van der Waals surface area contributed by atoms with Gasteiger partial charge in [-0.05, 0) is 74.0 Å². The molecule has 0 aromatic heterocycles. The van der Waals surface area contributed by atoms with Crippen LogP contribution in [0.3, 0.4) is 0 Å². The van der Waals surface area contributed by atoms with Crippen molar-refractivity contribution in [2.75, 3.05) is 6.61 Å². The second-order valence-electron chi connectivity index (χ2n) is 7.91. The van der Waals surface area contributed by atoms with Crippen LogP contribution in [0.2, 0.25) is 0 Å². The molecule has 2 atom stereocenters. The van der Waals surface area contributed by atoms with E-state index in [1.807, 2.05) is 54.6 Å². The van der Waals surface area contributed by atoms with Gasteiger partial charge in [-0.25, -0.2) is 0 Å². The van der Waals surface area contributed by atoms with Crippen LogP contribution in [0, 0.1) is 0 Å². The van der Waals surface area contributed by atoms with Gasteiger partial charge in [-0.3, -0.25) is 4.55 Å². The number of unbranched alkanes of at least 4 members (excludes halogenated alkanes) is 2. The quantitative estimate of drug-likeness (QED) is 0.165. The van der Waals surface area contributed by atoms with Gasteiger partial charge in [0.2, 0.25) is 0 Å². The van der Waals surface area contributed by atoms with Crippen molar-refractivity contribution in [3.05, 3.63) is 78.9 Å². The van der Waals surface area contributed by atoms with E-state index < -0.39 is 32.4 Å². The first-order valence-electron chi connectivity index (χ1n) is 11.3. The van der Waals surface area contributed by atoms with Crippen molar-refractivity contribution in [2.45, 2.75) is 59.2 Å². The van der Waals surface area contributed by atoms with Gasteiger partial charge < -0.3 is 9.47 Å². The Morgan fingerprint density at radius 3 is 1.89 bits per heavy atom. The van der Waals surface area contributed by atoms with E-state index in [1.54, 1.807) is 12.1 Å². The normalized spacial score (nSPS) is 13.7. The molecule has 3 aromatic rings. The van der Waals surface area contributed by atoms with Crippen molar-refractivity contribution in [3.63, 3.8) is 0 Å². The molecule has 0 spiro atoms. The van der Waals surface area contributed by atoms with Gasteiger partial charge >= 0.3 is 15.4 Å². The molecule has 0 saturated carbocycles. The SMILES string of the molecule is CCCCCOc1ccc([S+](c2ccccc2)c2ccc(OC(C)C(F)(F)S(=O)(=O)O)cc2)cc1. The molecule has 3 aromatic carbocycles. The first-order valence-corrected chi connectivity index (χ1v) is 13.9. The summed E-state index contributed by atoms with van der Waals surface area (Å²) in [7, 11) is -6.07. The minimum Gasteiger partial charge on any atom is -0.494 e. The predicted molar refractivity (Wildman–Crippen MR) is 133 cm³/mol. The van der Waals surface area contributed by atoms with E-state index in [0.717, 1.165) is 46.6 Å². The van der Waals surface area contributed by atoms with Gasteiger partial charge in [0.1, 0.15) is 11.5 Å². The minimum absolute atomic E-state index is 0.0667. The number of rotatable bonds is 12. The number of benzene rings is 3. The van der Waals surface area contributed by atoms with Crippen LogP contribution in [-0.2, 0) is 21.0 Å². The third-order valence-corrected chi connectivity index (χ3v) is 8.49. The lowest BCUT2D eigenvalue weighted by Crippen LogP contribution is -2.42. The second kappa shape index (κ2) is 11.9. The summed E-state index contributed by atoms with van der Waals surface area (Å²) < 4.78 is 69.3. The Labute approximate surface area is 208 Å². The number of halogens is 2. The number of hydrogen-bond acceptors (Lipinski definition) is 4. The summed E-state index contributed by atoms with van der Waals surface area (Å²) in [6.45, 7) is 3.71. The Kier molecular flexibility index (Phi) is 9.15. The molecule has 0 bridgehead atoms. The second-order valence-corrected chi connectivity index (χ2v) is 11.4. The van der Waals surface area contributed by atoms with Crippen molar-refractivity contribution < 1.29 is 31.2 Å². The fourth-order valence-corrected chi connectivity index (χ4v) is 5.85. The molecular weight excluding hydrogens is 494 g/mol. The lowest BCUT2D eigenvalue weighted by atomic mass is 10.3. The van der Waals surface area contributed by atoms with Crippen molar-refractivity contribution in [3.8, 4) is 11.5 Å². The highest BCUT2D eigenvalue weighted by molar-refractivity contribution is 7.97. The van der Waals surface area contributed by atoms with Crippen LogP contribution in [0.25, 0.3) is 0 Å². The van der Waals surface area contributed by atoms with Gasteiger partial charge in [-0.15, -0.1) is 0 Å². The van der Waals surface area contributed by atoms with Gasteiger partial charge in [-0.2, -0.15) is 17.2 Å². The molecule has 0 aliphatic rings. The molecule has 9 heteroatoms. The van der Waals surface area contributed by atoms with E-state index >= 15 is 0 Å². The van der Waals surface area contributed by atoms with Crippen LogP contribution in [0.5, 0.6) is 11.5 Å². The van der Waals surface area contributed by atoms with E-state index in [-0.39, 0.29) is 5.75 Å². The molecule has 0 heterocycles. The highest BCUT2D eigenvalue weighted by atomic mass is 32.2. The van der Waals surface area contributed by atoms with Crippen molar-refractivity contribution in [2.24, 2.45) is 0 Å². The molecule has 35 heavy (non-hydrogen) atoms. The Morgan fingerprint density at radius 1 is 0.857 bits per heavy atom. The average Bonchev–Trinajstić information content (AvgIpc) is 2.84. The van der Waals surface area contributed by atoms with E-state index in [9.17, 15) is 17.2 Å². The minimum atomic E-state index is -5.60. The summed E-state index contributed by atoms with van der Waals surface area (Å²) in [5.74, 6) is 0.871. The largest absolute Gasteiger partial charge is 0.494 e. The van der Waals surface area contributed by atoms with Crippen LogP contribution in [0.4, 0.5) is 8.78 Å². The third-order valence-electron chi connectivity index (χ3n) is 5.24. The molecular formula is C26H29F2O5S2+. The lowest BCUT2D eigenvalue weighted by Gasteiger charge is -2.21. The molecule has 0 amide bonds. The standard InChI is InChI=1S/C26H28F2O5S2/c1-3-4-8-19-32-21-11-15-24(16-12-21)34(23-9-6-5-7-10-23)25-17-13-22(14-18-25)33-20(2)26(27,28)35(29,30)31/h5-7,9-18,20H,3-4,8,19H2,1-2H3/p+1. The van der Waals surface area contributed by atoms with E-state index in [1.165, 1.54) is 12.1 Å². The maximum atomic E-state index is 13.8. The molecule has 0 radical (unpaired) electrons. The molecule has 0 saturated heterocycles. The Morgan fingerprint density at radius 2 is 1.37 bits per heavy atom. The molecule has 0 aliphatic carbocycles. The summed E-state index contributed by atoms with van der Waals surface area (Å²) >= 11 is 0. The fraction of sp³-hybridized carbons (Fsp3) is 0.308. The topological polar surface area (TPSA) is 72.8 Å². The maximum Gasteiger partial charge on any atom is 0.405 e. The zero-order chi connectivity index (χ0) is 25.5. The monoisotopic (exact) mass is 523 g/mol. The average molecular weight is 524 g/mol. The van der Waals surface area contributed by atoms with Crippen LogP contribution >= 0.6 is 0 Å². The molecule has 5 nitrogen and oxygen atoms in total. The highest BCUT2D eigenvalue weighted by Gasteiger charge is 2.51. The predicted octanol–water partition coefficient (Wildman–Crippen LogP) is 6.60. The number of ether oxygens (including phenoxy) is 2. The smallest absolute Gasteiger partial charge is 0.405 e. The van der Waals surface area contributed by atoms with Crippen LogP contribution in [-0.4, -0.2) is 30.9 Å². The summed E-state index contributed by atoms with van der Waals surface area (Å²) in [4.78, 5) is 3.05. The molecule has 0 fully saturated rings. The van der Waals surface area contributed by atoms with Crippen molar-refractivity contribution in [1.82, 2.24) is 0 Å². The summed E-state index contributed by atoms with van der Waals surface area (Å²) in [6, 6.07) is 24.4. The molecule has 2 unspecified atom stereocenters. The van der Waals surface area contributed by atoms with Crippen molar-refractivity contribution in [1.29, 1.82) is 0 Å². The van der Waals surface area contributed by atoms with Crippen molar-refractivity contribution >= 4 is 21.0 Å². The van der Waals surface area contributed by atoms with Gasteiger partial charge in [0.25, 0.3) is 0 Å². The van der Waals surface area contributed by atoms with E-state index in [4.69, 9.17) is 14.0 Å². The van der Waals surface area contributed by atoms with E-state index in [0.29, 0.717) is 6.61 Å². The van der Waals surface area contributed by atoms with Crippen LogP contribution in [0.1, 0.15) is 33.1 Å². The highest BCUT2D eigenvalue weighted by Crippen LogP contribution is 2.34. The summed E-state index contributed by atoms with van der Waals surface area (Å²) in [6.07, 6.45) is 1.20. The molecule has 0 aliphatic heterocycles. The van der Waals surface area contributed by atoms with E-state index in [2.05, 4.69) is 6.92 Å². The summed E-state index contributed by atoms with van der Waals surface area (Å²) in [5, 5.41) is -4.43.